The molecule has 1 amide bonds. The predicted octanol–water partition coefficient (Wildman–Crippen LogP) is 3.77. The maximum absolute atomic E-state index is 12.9. The molecule has 0 unspecified atom stereocenters. The Hall–Kier alpha value is -2.93. The number of sulfone groups is 1. The second-order valence-corrected chi connectivity index (χ2v) is 8.66. The van der Waals surface area contributed by atoms with E-state index in [2.05, 4.69) is 5.32 Å². The number of carbonyl (C=O) groups is 1. The number of aryl methyl sites for hydroxylation is 1. The van der Waals surface area contributed by atoms with Crippen LogP contribution in [0.5, 0.6) is 0 Å². The second kappa shape index (κ2) is 8.39. The number of furan rings is 1. The van der Waals surface area contributed by atoms with Crippen molar-refractivity contribution >= 4 is 15.7 Å². The standard InChI is InChI=1S/C21H20FNO4S/c1-15-3-2-4-17(11-15)13-28(25,26)14-19-9-10-20(27-19)21(24)23-12-16-5-7-18(22)8-6-16/h2-11H,12-14H2,1H3,(H,23,24). The molecule has 0 bridgehead atoms. The lowest BCUT2D eigenvalue weighted by atomic mass is 10.2. The highest BCUT2D eigenvalue weighted by Gasteiger charge is 2.18. The Kier molecular flexibility index (Phi) is 5.94. The van der Waals surface area contributed by atoms with Gasteiger partial charge in [-0.2, -0.15) is 0 Å². The van der Waals surface area contributed by atoms with Gasteiger partial charge in [-0.3, -0.25) is 4.79 Å². The van der Waals surface area contributed by atoms with Gasteiger partial charge in [-0.15, -0.1) is 0 Å². The van der Waals surface area contributed by atoms with Crippen LogP contribution in [0.3, 0.4) is 0 Å². The summed E-state index contributed by atoms with van der Waals surface area (Å²) in [6.45, 7) is 2.11. The van der Waals surface area contributed by atoms with Crippen LogP contribution in [0.1, 0.15) is 33.0 Å². The number of benzene rings is 2. The Morgan fingerprint density at radius 2 is 1.75 bits per heavy atom. The fourth-order valence-electron chi connectivity index (χ4n) is 2.77. The smallest absolute Gasteiger partial charge is 0.287 e. The van der Waals surface area contributed by atoms with Crippen molar-refractivity contribution in [1.82, 2.24) is 5.32 Å². The number of hydrogen-bond donors (Lipinski definition) is 1. The largest absolute Gasteiger partial charge is 0.455 e. The first-order valence-corrected chi connectivity index (χ1v) is 10.5. The third kappa shape index (κ3) is 5.53. The van der Waals surface area contributed by atoms with Crippen molar-refractivity contribution in [3.63, 3.8) is 0 Å². The first kappa shape index (κ1) is 19.8. The summed E-state index contributed by atoms with van der Waals surface area (Å²) in [5.74, 6) is -0.958. The van der Waals surface area contributed by atoms with E-state index in [9.17, 15) is 17.6 Å². The van der Waals surface area contributed by atoms with E-state index < -0.39 is 15.7 Å². The molecule has 1 aromatic heterocycles. The molecular formula is C21H20FNO4S. The average Bonchev–Trinajstić information content (AvgIpc) is 3.08. The lowest BCUT2D eigenvalue weighted by Gasteiger charge is -2.05. The van der Waals surface area contributed by atoms with Gasteiger partial charge in [-0.1, -0.05) is 42.0 Å². The van der Waals surface area contributed by atoms with Crippen LogP contribution < -0.4 is 5.32 Å². The van der Waals surface area contributed by atoms with E-state index in [1.165, 1.54) is 24.3 Å². The summed E-state index contributed by atoms with van der Waals surface area (Å²) in [7, 11) is -3.44. The van der Waals surface area contributed by atoms with E-state index in [1.54, 1.807) is 18.2 Å². The number of hydrogen-bond acceptors (Lipinski definition) is 4. The van der Waals surface area contributed by atoms with Crippen LogP contribution >= 0.6 is 0 Å². The topological polar surface area (TPSA) is 76.4 Å². The van der Waals surface area contributed by atoms with Gasteiger partial charge in [0.05, 0.1) is 5.75 Å². The molecule has 0 spiro atoms. The Bertz CT molecular complexity index is 1070. The van der Waals surface area contributed by atoms with E-state index >= 15 is 0 Å². The lowest BCUT2D eigenvalue weighted by Crippen LogP contribution is -2.22. The van der Waals surface area contributed by atoms with E-state index in [0.29, 0.717) is 5.56 Å². The summed E-state index contributed by atoms with van der Waals surface area (Å²) in [5, 5.41) is 2.65. The van der Waals surface area contributed by atoms with Crippen molar-refractivity contribution in [2.24, 2.45) is 0 Å². The van der Waals surface area contributed by atoms with Crippen LogP contribution in [0, 0.1) is 12.7 Å². The molecule has 7 heteroatoms. The van der Waals surface area contributed by atoms with Gasteiger partial charge in [0, 0.05) is 6.54 Å². The highest BCUT2D eigenvalue weighted by molar-refractivity contribution is 7.89. The molecule has 0 fully saturated rings. The van der Waals surface area contributed by atoms with Crippen LogP contribution in [0.25, 0.3) is 0 Å². The molecule has 0 saturated heterocycles. The monoisotopic (exact) mass is 401 g/mol. The van der Waals surface area contributed by atoms with E-state index in [-0.39, 0.29) is 35.4 Å². The highest BCUT2D eigenvalue weighted by Crippen LogP contribution is 2.16. The Balaban J connectivity index is 1.59. The van der Waals surface area contributed by atoms with Gasteiger partial charge < -0.3 is 9.73 Å². The normalized spacial score (nSPS) is 11.4. The Morgan fingerprint density at radius 3 is 2.46 bits per heavy atom. The number of halogens is 1. The van der Waals surface area contributed by atoms with Crippen LogP contribution in [0.15, 0.2) is 65.1 Å². The predicted molar refractivity (Wildman–Crippen MR) is 104 cm³/mol. The third-order valence-corrected chi connectivity index (χ3v) is 5.58. The molecule has 0 aliphatic carbocycles. The van der Waals surface area contributed by atoms with Crippen LogP contribution in [0.2, 0.25) is 0 Å². The summed E-state index contributed by atoms with van der Waals surface area (Å²) in [6.07, 6.45) is 0. The first-order chi connectivity index (χ1) is 13.3. The van der Waals surface area contributed by atoms with E-state index in [1.807, 2.05) is 25.1 Å². The molecular weight excluding hydrogens is 381 g/mol. The molecule has 0 aliphatic heterocycles. The fourth-order valence-corrected chi connectivity index (χ4v) is 4.15. The van der Waals surface area contributed by atoms with Gasteiger partial charge in [0.2, 0.25) is 0 Å². The van der Waals surface area contributed by atoms with Gasteiger partial charge in [0.15, 0.2) is 15.6 Å². The molecule has 0 atom stereocenters. The zero-order valence-electron chi connectivity index (χ0n) is 15.3. The third-order valence-electron chi connectivity index (χ3n) is 4.08. The van der Waals surface area contributed by atoms with Gasteiger partial charge in [-0.05, 0) is 42.3 Å². The summed E-state index contributed by atoms with van der Waals surface area (Å²) in [4.78, 5) is 12.2. The highest BCUT2D eigenvalue weighted by atomic mass is 32.2. The fraction of sp³-hybridized carbons (Fsp3) is 0.190. The molecule has 1 N–H and O–H groups in total. The zero-order chi connectivity index (χ0) is 20.1. The van der Waals surface area contributed by atoms with Gasteiger partial charge >= 0.3 is 0 Å². The van der Waals surface area contributed by atoms with Crippen LogP contribution in [-0.2, 0) is 27.9 Å². The van der Waals surface area contributed by atoms with Crippen molar-refractivity contribution in [2.75, 3.05) is 0 Å². The minimum absolute atomic E-state index is 0.0304. The molecule has 2 aromatic carbocycles. The van der Waals surface area contributed by atoms with Gasteiger partial charge in [0.25, 0.3) is 5.91 Å². The van der Waals surface area contributed by atoms with Gasteiger partial charge in [-0.25, -0.2) is 12.8 Å². The van der Waals surface area contributed by atoms with Crippen molar-refractivity contribution in [3.05, 3.63) is 94.7 Å². The SMILES string of the molecule is Cc1cccc(CS(=O)(=O)Cc2ccc(C(=O)NCc3ccc(F)cc3)o2)c1. The molecule has 0 saturated carbocycles. The van der Waals surface area contributed by atoms with Crippen molar-refractivity contribution < 1.29 is 22.0 Å². The summed E-state index contributed by atoms with van der Waals surface area (Å²) in [5.41, 5.74) is 2.44. The summed E-state index contributed by atoms with van der Waals surface area (Å²) >= 11 is 0. The van der Waals surface area contributed by atoms with Gasteiger partial charge in [0.1, 0.15) is 17.3 Å². The number of amides is 1. The molecule has 1 heterocycles. The van der Waals surface area contributed by atoms with Crippen molar-refractivity contribution in [3.8, 4) is 0 Å². The maximum atomic E-state index is 12.9. The first-order valence-electron chi connectivity index (χ1n) is 8.68. The van der Waals surface area contributed by atoms with E-state index in [0.717, 1.165) is 11.1 Å². The van der Waals surface area contributed by atoms with Crippen molar-refractivity contribution in [1.29, 1.82) is 0 Å². The molecule has 146 valence electrons. The molecule has 0 radical (unpaired) electrons. The van der Waals surface area contributed by atoms with E-state index in [4.69, 9.17) is 4.42 Å². The minimum Gasteiger partial charge on any atom is -0.455 e. The molecule has 28 heavy (non-hydrogen) atoms. The maximum Gasteiger partial charge on any atom is 0.287 e. The number of rotatable bonds is 7. The lowest BCUT2D eigenvalue weighted by molar-refractivity contribution is 0.0921. The molecule has 3 aromatic rings. The minimum atomic E-state index is -3.44. The summed E-state index contributed by atoms with van der Waals surface area (Å²) in [6, 6.07) is 16.0. The van der Waals surface area contributed by atoms with Crippen molar-refractivity contribution in [2.45, 2.75) is 25.0 Å². The summed E-state index contributed by atoms with van der Waals surface area (Å²) < 4.78 is 43.1. The quantitative estimate of drug-likeness (QED) is 0.654. The zero-order valence-corrected chi connectivity index (χ0v) is 16.1. The molecule has 5 nitrogen and oxygen atoms in total. The molecule has 3 rings (SSSR count). The number of carbonyl (C=O) groups excluding carboxylic acids is 1. The second-order valence-electron chi connectivity index (χ2n) is 6.60. The van der Waals surface area contributed by atoms with Crippen LogP contribution in [-0.4, -0.2) is 14.3 Å². The Morgan fingerprint density at radius 1 is 1.00 bits per heavy atom. The Labute approximate surface area is 163 Å². The number of nitrogens with one attached hydrogen (secondary N) is 1. The average molecular weight is 401 g/mol. The van der Waals surface area contributed by atoms with Crippen LogP contribution in [0.4, 0.5) is 4.39 Å². The molecule has 0 aliphatic rings.